The van der Waals surface area contributed by atoms with E-state index in [4.69, 9.17) is 4.74 Å². The van der Waals surface area contributed by atoms with Gasteiger partial charge in [-0.1, -0.05) is 19.4 Å². The molecule has 0 aromatic heterocycles. The van der Waals surface area contributed by atoms with Gasteiger partial charge in [-0.2, -0.15) is 0 Å². The molecular weight excluding hydrogens is 338 g/mol. The van der Waals surface area contributed by atoms with Crippen LogP contribution in [0.1, 0.15) is 56.6 Å². The van der Waals surface area contributed by atoms with Crippen molar-refractivity contribution in [3.63, 3.8) is 0 Å². The molecule has 2 bridgehead atoms. The third-order valence-corrected chi connectivity index (χ3v) is 8.35. The summed E-state index contributed by atoms with van der Waals surface area (Å²) in [7, 11) is 1.86. The van der Waals surface area contributed by atoms with Crippen molar-refractivity contribution in [2.75, 3.05) is 20.2 Å². The number of carbonyl (C=O) groups excluding carboxylic acids is 1. The van der Waals surface area contributed by atoms with Crippen molar-refractivity contribution in [2.45, 2.75) is 68.9 Å². The van der Waals surface area contributed by atoms with Crippen LogP contribution in [-0.2, 0) is 21.4 Å². The molecule has 2 saturated carbocycles. The van der Waals surface area contributed by atoms with Gasteiger partial charge < -0.3 is 9.84 Å². The zero-order valence-corrected chi connectivity index (χ0v) is 16.5. The number of ketones is 1. The van der Waals surface area contributed by atoms with Crippen LogP contribution >= 0.6 is 0 Å². The summed E-state index contributed by atoms with van der Waals surface area (Å²) in [6.07, 6.45) is 7.13. The van der Waals surface area contributed by atoms with Crippen molar-refractivity contribution in [2.24, 2.45) is 11.8 Å². The largest absolute Gasteiger partial charge is 0.508 e. The lowest BCUT2D eigenvalue weighted by molar-refractivity contribution is -0.211. The van der Waals surface area contributed by atoms with Crippen LogP contribution in [0.2, 0.25) is 0 Å². The average molecular weight is 370 g/mol. The van der Waals surface area contributed by atoms with Gasteiger partial charge in [-0.05, 0) is 67.3 Å². The number of phenols is 1. The van der Waals surface area contributed by atoms with Gasteiger partial charge in [-0.3, -0.25) is 9.69 Å². The second kappa shape index (κ2) is 6.05. The molecule has 146 valence electrons. The lowest BCUT2D eigenvalue weighted by Gasteiger charge is -2.67. The quantitative estimate of drug-likeness (QED) is 0.887. The molecule has 3 aliphatic carbocycles. The maximum atomic E-state index is 12.8. The Morgan fingerprint density at radius 3 is 2.81 bits per heavy atom. The van der Waals surface area contributed by atoms with E-state index in [0.717, 1.165) is 25.3 Å². The van der Waals surface area contributed by atoms with Crippen LogP contribution in [0.15, 0.2) is 18.2 Å². The lowest BCUT2D eigenvalue weighted by Crippen LogP contribution is -2.76. The number of rotatable bonds is 3. The second-order valence-corrected chi connectivity index (χ2v) is 9.50. The number of Topliss-reactive ketones (excluding diaryl/α,β-unsaturated/α-hetero) is 1. The van der Waals surface area contributed by atoms with E-state index < -0.39 is 0 Å². The Balaban J connectivity index is 1.67. The maximum Gasteiger partial charge on any atom is 0.134 e. The fourth-order valence-electron chi connectivity index (χ4n) is 7.08. The summed E-state index contributed by atoms with van der Waals surface area (Å²) in [6.45, 7) is 4.41. The Kier molecular flexibility index (Phi) is 3.97. The van der Waals surface area contributed by atoms with E-state index in [1.54, 1.807) is 6.07 Å². The highest BCUT2D eigenvalue weighted by molar-refractivity contribution is 5.83. The number of ether oxygens (including phenoxy) is 1. The van der Waals surface area contributed by atoms with Crippen LogP contribution in [0.5, 0.6) is 5.75 Å². The smallest absolute Gasteiger partial charge is 0.134 e. The van der Waals surface area contributed by atoms with E-state index in [1.807, 2.05) is 13.2 Å². The molecule has 1 saturated heterocycles. The lowest BCUT2D eigenvalue weighted by atomic mass is 9.46. The zero-order valence-electron chi connectivity index (χ0n) is 16.5. The van der Waals surface area contributed by atoms with E-state index >= 15 is 0 Å². The minimum absolute atomic E-state index is 0.188. The summed E-state index contributed by atoms with van der Waals surface area (Å²) in [6, 6.07) is 6.12. The van der Waals surface area contributed by atoms with Gasteiger partial charge >= 0.3 is 0 Å². The van der Waals surface area contributed by atoms with E-state index in [9.17, 15) is 9.90 Å². The summed E-state index contributed by atoms with van der Waals surface area (Å²) >= 11 is 0. The first kappa shape index (κ1) is 17.7. The van der Waals surface area contributed by atoms with Crippen molar-refractivity contribution in [3.05, 3.63) is 29.3 Å². The van der Waals surface area contributed by atoms with Crippen LogP contribution in [-0.4, -0.2) is 47.6 Å². The van der Waals surface area contributed by atoms with Crippen LogP contribution < -0.4 is 0 Å². The number of nitrogens with zero attached hydrogens (tertiary/aromatic N) is 1. The van der Waals surface area contributed by atoms with Crippen molar-refractivity contribution >= 4 is 5.78 Å². The number of fused-ring (bicyclic) bond motifs is 1. The molecule has 1 aliphatic heterocycles. The average Bonchev–Trinajstić information content (AvgIpc) is 2.59. The van der Waals surface area contributed by atoms with E-state index in [2.05, 4.69) is 17.9 Å². The fourth-order valence-corrected chi connectivity index (χ4v) is 7.08. The molecule has 1 aromatic carbocycles. The Bertz CT molecular complexity index is 773. The molecule has 27 heavy (non-hydrogen) atoms. The van der Waals surface area contributed by atoms with E-state index in [1.165, 1.54) is 36.9 Å². The number of piperidine rings is 1. The molecule has 0 spiro atoms. The molecular formula is C23H31NO3. The number of methoxy groups -OCH3 is 1. The molecule has 1 aromatic rings. The van der Waals surface area contributed by atoms with Gasteiger partial charge in [0, 0.05) is 38.0 Å². The number of benzene rings is 1. The summed E-state index contributed by atoms with van der Waals surface area (Å²) in [5, 5.41) is 10.2. The van der Waals surface area contributed by atoms with Gasteiger partial charge in [0.2, 0.25) is 0 Å². The van der Waals surface area contributed by atoms with Gasteiger partial charge in [0.25, 0.3) is 0 Å². The molecule has 4 atom stereocenters. The Hall–Kier alpha value is -1.39. The van der Waals surface area contributed by atoms with Gasteiger partial charge in [0.15, 0.2) is 0 Å². The normalized spacial score (nSPS) is 38.8. The first-order valence-corrected chi connectivity index (χ1v) is 10.6. The number of aromatic hydroxyl groups is 1. The Labute approximate surface area is 161 Å². The topological polar surface area (TPSA) is 49.8 Å². The van der Waals surface area contributed by atoms with Crippen LogP contribution in [0, 0.1) is 11.8 Å². The molecule has 3 fully saturated rings. The van der Waals surface area contributed by atoms with Crippen LogP contribution in [0.25, 0.3) is 0 Å². The highest BCUT2D eigenvalue weighted by Crippen LogP contribution is 2.61. The summed E-state index contributed by atoms with van der Waals surface area (Å²) < 4.78 is 6.49. The third-order valence-electron chi connectivity index (χ3n) is 8.35. The van der Waals surface area contributed by atoms with Gasteiger partial charge in [0.05, 0.1) is 5.60 Å². The number of hydrogen-bond acceptors (Lipinski definition) is 4. The van der Waals surface area contributed by atoms with Crippen LogP contribution in [0.4, 0.5) is 0 Å². The molecule has 0 radical (unpaired) electrons. The molecule has 0 amide bonds. The molecule has 4 nitrogen and oxygen atoms in total. The monoisotopic (exact) mass is 369 g/mol. The highest BCUT2D eigenvalue weighted by atomic mass is 16.5. The maximum absolute atomic E-state index is 12.8. The Morgan fingerprint density at radius 1 is 1.30 bits per heavy atom. The minimum Gasteiger partial charge on any atom is -0.508 e. The fraction of sp³-hybridized carbons (Fsp3) is 0.696. The standard InChI is InChI=1S/C23H31NO3/c1-15-10-19(26)13-22-8-9-24(14-16-4-3-5-16)21(23(15,22)27-2)11-17-6-7-18(25)12-20(17)22/h6-7,12,15-16,21,25H,3-5,8-11,13-14H2,1-2H3/t15-,21+,22+,23+/m0/s1. The summed E-state index contributed by atoms with van der Waals surface area (Å²) in [5.41, 5.74) is 1.82. The van der Waals surface area contributed by atoms with Gasteiger partial charge in [0.1, 0.15) is 11.5 Å². The molecule has 4 aliphatic rings. The number of likely N-dealkylation sites (tertiary alicyclic amines) is 1. The molecule has 4 heteroatoms. The first-order valence-electron chi connectivity index (χ1n) is 10.6. The number of carbonyl (C=O) groups is 1. The van der Waals surface area contributed by atoms with Crippen molar-refractivity contribution in [1.29, 1.82) is 0 Å². The molecule has 1 N–H and O–H groups in total. The summed E-state index contributed by atoms with van der Waals surface area (Å²) in [5.74, 6) is 1.66. The Morgan fingerprint density at radius 2 is 2.11 bits per heavy atom. The predicted molar refractivity (Wildman–Crippen MR) is 104 cm³/mol. The molecule has 5 rings (SSSR count). The zero-order chi connectivity index (χ0) is 18.8. The number of hydrogen-bond donors (Lipinski definition) is 1. The van der Waals surface area contributed by atoms with Crippen molar-refractivity contribution in [3.8, 4) is 5.75 Å². The van der Waals surface area contributed by atoms with Gasteiger partial charge in [-0.15, -0.1) is 0 Å². The van der Waals surface area contributed by atoms with E-state index in [-0.39, 0.29) is 16.9 Å². The van der Waals surface area contributed by atoms with Crippen LogP contribution in [0.3, 0.4) is 0 Å². The summed E-state index contributed by atoms with van der Waals surface area (Å²) in [4.78, 5) is 15.4. The van der Waals surface area contributed by atoms with Crippen molar-refractivity contribution < 1.29 is 14.6 Å². The number of phenolic OH excluding ortho intramolecular Hbond substituents is 1. The minimum atomic E-state index is -0.344. The van der Waals surface area contributed by atoms with Crippen molar-refractivity contribution in [1.82, 2.24) is 4.90 Å². The molecule has 0 unspecified atom stereocenters. The first-order chi connectivity index (χ1) is 13.0. The molecule has 1 heterocycles. The van der Waals surface area contributed by atoms with Gasteiger partial charge in [-0.25, -0.2) is 0 Å². The van der Waals surface area contributed by atoms with E-state index in [0.29, 0.717) is 30.4 Å². The SMILES string of the molecule is CO[C@@]12[C@@H](C)CC(=O)C[C@@]13CCN(CC1CCC1)[C@@H]2Cc1ccc(O)cc13. The highest BCUT2D eigenvalue weighted by Gasteiger charge is 2.68. The predicted octanol–water partition coefficient (Wildman–Crippen LogP) is 3.44. The third kappa shape index (κ3) is 2.26. The second-order valence-electron chi connectivity index (χ2n) is 9.50.